The molecule has 0 amide bonds. The average Bonchev–Trinajstić information content (AvgIpc) is 2.42. The van der Waals surface area contributed by atoms with E-state index in [0.29, 0.717) is 25.3 Å². The predicted octanol–water partition coefficient (Wildman–Crippen LogP) is 2.50. The maximum atomic E-state index is 13.8. The van der Waals surface area contributed by atoms with Crippen LogP contribution in [0, 0.1) is 11.6 Å². The summed E-state index contributed by atoms with van der Waals surface area (Å²) in [6, 6.07) is 2.80. The topological polar surface area (TPSA) is 39.7 Å². The average molecular weight is 303 g/mol. The second-order valence-corrected chi connectivity index (χ2v) is 4.88. The Morgan fingerprint density at radius 1 is 1.05 bits per heavy atom. The summed E-state index contributed by atoms with van der Waals surface area (Å²) in [7, 11) is 1.57. The highest BCUT2D eigenvalue weighted by Crippen LogP contribution is 2.23. The third kappa shape index (κ3) is 6.84. The van der Waals surface area contributed by atoms with Crippen LogP contribution in [0.5, 0.6) is 5.75 Å². The molecule has 0 saturated carbocycles. The number of hydrogen-bond donors (Lipinski definition) is 1. The van der Waals surface area contributed by atoms with Gasteiger partial charge in [-0.3, -0.25) is 0 Å². The zero-order valence-corrected chi connectivity index (χ0v) is 12.7. The highest BCUT2D eigenvalue weighted by atomic mass is 19.1. The van der Waals surface area contributed by atoms with Crippen LogP contribution in [0.2, 0.25) is 0 Å². The third-order valence-electron chi connectivity index (χ3n) is 2.68. The molecule has 1 rings (SSSR count). The molecule has 0 radical (unpaired) electrons. The first-order chi connectivity index (χ1) is 10.0. The van der Waals surface area contributed by atoms with Gasteiger partial charge in [0.1, 0.15) is 6.61 Å². The van der Waals surface area contributed by atoms with Crippen molar-refractivity contribution in [2.24, 2.45) is 0 Å². The van der Waals surface area contributed by atoms with Crippen molar-refractivity contribution >= 4 is 0 Å². The van der Waals surface area contributed by atoms with Gasteiger partial charge in [-0.05, 0) is 17.7 Å². The summed E-state index contributed by atoms with van der Waals surface area (Å²) in [5.74, 6) is -1.77. The van der Waals surface area contributed by atoms with Crippen molar-refractivity contribution in [1.82, 2.24) is 5.32 Å². The molecular formula is C15H23F2NO3. The van der Waals surface area contributed by atoms with E-state index in [1.807, 2.05) is 13.8 Å². The molecule has 0 spiro atoms. The SMILES string of the molecule is COCCOCCOc1c(F)cc(CNC(C)C)cc1F. The lowest BCUT2D eigenvalue weighted by molar-refractivity contribution is 0.0531. The summed E-state index contributed by atoms with van der Waals surface area (Å²) < 4.78 is 42.7. The minimum absolute atomic E-state index is 0.0845. The first kappa shape index (κ1) is 17.8. The van der Waals surface area contributed by atoms with Gasteiger partial charge in [-0.25, -0.2) is 8.78 Å². The van der Waals surface area contributed by atoms with Crippen LogP contribution in [0.3, 0.4) is 0 Å². The summed E-state index contributed by atoms with van der Waals surface area (Å²) in [4.78, 5) is 0. The largest absolute Gasteiger partial charge is 0.485 e. The molecule has 0 aromatic heterocycles. The maximum Gasteiger partial charge on any atom is 0.190 e. The van der Waals surface area contributed by atoms with Crippen molar-refractivity contribution in [2.75, 3.05) is 33.5 Å². The number of methoxy groups -OCH3 is 1. The van der Waals surface area contributed by atoms with Gasteiger partial charge in [0.05, 0.1) is 19.8 Å². The van der Waals surface area contributed by atoms with Crippen LogP contribution in [0.25, 0.3) is 0 Å². The van der Waals surface area contributed by atoms with Gasteiger partial charge in [-0.15, -0.1) is 0 Å². The summed E-state index contributed by atoms with van der Waals surface area (Å²) in [6.07, 6.45) is 0. The van der Waals surface area contributed by atoms with Crippen LogP contribution in [-0.4, -0.2) is 39.6 Å². The molecule has 0 unspecified atom stereocenters. The Balaban J connectivity index is 2.47. The van der Waals surface area contributed by atoms with Crippen molar-refractivity contribution in [3.63, 3.8) is 0 Å². The van der Waals surface area contributed by atoms with Crippen molar-refractivity contribution in [3.05, 3.63) is 29.3 Å². The Hall–Kier alpha value is -1.24. The fourth-order valence-electron chi connectivity index (χ4n) is 1.62. The van der Waals surface area contributed by atoms with Crippen LogP contribution < -0.4 is 10.1 Å². The van der Waals surface area contributed by atoms with Gasteiger partial charge < -0.3 is 19.5 Å². The molecule has 21 heavy (non-hydrogen) atoms. The number of hydrogen-bond acceptors (Lipinski definition) is 4. The number of halogens is 2. The van der Waals surface area contributed by atoms with Crippen molar-refractivity contribution < 1.29 is 23.0 Å². The first-order valence-electron chi connectivity index (χ1n) is 6.95. The lowest BCUT2D eigenvalue weighted by atomic mass is 10.2. The number of benzene rings is 1. The molecule has 1 aromatic rings. The normalized spacial score (nSPS) is 11.1. The fourth-order valence-corrected chi connectivity index (χ4v) is 1.62. The molecular weight excluding hydrogens is 280 g/mol. The molecule has 1 N–H and O–H groups in total. The fraction of sp³-hybridized carbons (Fsp3) is 0.600. The molecule has 0 fully saturated rings. The highest BCUT2D eigenvalue weighted by molar-refractivity contribution is 5.31. The summed E-state index contributed by atoms with van der Waals surface area (Å²) >= 11 is 0. The Morgan fingerprint density at radius 2 is 1.67 bits per heavy atom. The Morgan fingerprint density at radius 3 is 2.24 bits per heavy atom. The van der Waals surface area contributed by atoms with Gasteiger partial charge in [-0.2, -0.15) is 0 Å². The lowest BCUT2D eigenvalue weighted by Gasteiger charge is -2.12. The highest BCUT2D eigenvalue weighted by Gasteiger charge is 2.12. The minimum Gasteiger partial charge on any atom is -0.485 e. The van der Waals surface area contributed by atoms with Crippen molar-refractivity contribution in [1.29, 1.82) is 0 Å². The quantitative estimate of drug-likeness (QED) is 0.674. The van der Waals surface area contributed by atoms with Gasteiger partial charge in [0.25, 0.3) is 0 Å². The van der Waals surface area contributed by atoms with Crippen LogP contribution >= 0.6 is 0 Å². The molecule has 1 aromatic carbocycles. The van der Waals surface area contributed by atoms with Crippen molar-refractivity contribution in [3.8, 4) is 5.75 Å². The van der Waals surface area contributed by atoms with E-state index in [1.165, 1.54) is 12.1 Å². The van der Waals surface area contributed by atoms with Crippen LogP contribution in [0.1, 0.15) is 19.4 Å². The van der Waals surface area contributed by atoms with Gasteiger partial charge in [0.2, 0.25) is 0 Å². The van der Waals surface area contributed by atoms with E-state index in [0.717, 1.165) is 0 Å². The Bertz CT molecular complexity index is 404. The van der Waals surface area contributed by atoms with E-state index < -0.39 is 11.6 Å². The van der Waals surface area contributed by atoms with Crippen molar-refractivity contribution in [2.45, 2.75) is 26.4 Å². The smallest absolute Gasteiger partial charge is 0.190 e. The number of ether oxygens (including phenoxy) is 3. The summed E-state index contributed by atoms with van der Waals surface area (Å²) in [6.45, 7) is 5.57. The van der Waals surface area contributed by atoms with Gasteiger partial charge in [0.15, 0.2) is 17.4 Å². The molecule has 0 aliphatic carbocycles. The molecule has 4 nitrogen and oxygen atoms in total. The van der Waals surface area contributed by atoms with E-state index in [1.54, 1.807) is 7.11 Å². The van der Waals surface area contributed by atoms with Gasteiger partial charge in [-0.1, -0.05) is 13.8 Å². The molecule has 0 saturated heterocycles. The van der Waals surface area contributed by atoms with E-state index in [4.69, 9.17) is 14.2 Å². The zero-order valence-electron chi connectivity index (χ0n) is 12.7. The predicted molar refractivity (Wildman–Crippen MR) is 76.5 cm³/mol. The molecule has 0 atom stereocenters. The third-order valence-corrected chi connectivity index (χ3v) is 2.68. The molecule has 0 aliphatic heterocycles. The maximum absolute atomic E-state index is 13.8. The van der Waals surface area contributed by atoms with Crippen LogP contribution in [0.4, 0.5) is 8.78 Å². The van der Waals surface area contributed by atoms with E-state index in [2.05, 4.69) is 5.32 Å². The van der Waals surface area contributed by atoms with E-state index in [-0.39, 0.29) is 25.0 Å². The van der Waals surface area contributed by atoms with Gasteiger partial charge in [0, 0.05) is 19.7 Å². The standard InChI is InChI=1S/C15H23F2NO3/c1-11(2)18-10-12-8-13(16)15(14(17)9-12)21-7-6-20-5-4-19-3/h8-9,11,18H,4-7,10H2,1-3H3. The monoisotopic (exact) mass is 303 g/mol. The lowest BCUT2D eigenvalue weighted by Crippen LogP contribution is -2.22. The van der Waals surface area contributed by atoms with Crippen LogP contribution in [-0.2, 0) is 16.0 Å². The number of rotatable bonds is 10. The summed E-state index contributed by atoms with van der Waals surface area (Å²) in [5.41, 5.74) is 0.544. The van der Waals surface area contributed by atoms with E-state index >= 15 is 0 Å². The molecule has 0 aliphatic rings. The van der Waals surface area contributed by atoms with E-state index in [9.17, 15) is 8.78 Å². The minimum atomic E-state index is -0.701. The first-order valence-corrected chi connectivity index (χ1v) is 6.95. The summed E-state index contributed by atoms with van der Waals surface area (Å²) in [5, 5.41) is 3.10. The zero-order chi connectivity index (χ0) is 15.7. The molecule has 0 bridgehead atoms. The second-order valence-electron chi connectivity index (χ2n) is 4.88. The Labute approximate surface area is 124 Å². The number of nitrogens with one attached hydrogen (secondary N) is 1. The molecule has 120 valence electrons. The Kier molecular flexibility index (Phi) is 8.19. The molecule has 0 heterocycles. The van der Waals surface area contributed by atoms with Gasteiger partial charge >= 0.3 is 0 Å². The second kappa shape index (κ2) is 9.65. The molecule has 6 heteroatoms. The van der Waals surface area contributed by atoms with Crippen LogP contribution in [0.15, 0.2) is 12.1 Å².